The first-order valence-corrected chi connectivity index (χ1v) is 12.1. The molecule has 0 unspecified atom stereocenters. The Hall–Kier alpha value is -1.01. The number of hydrogen-bond donors (Lipinski definition) is 0. The molecule has 0 aromatic rings. The van der Waals surface area contributed by atoms with Crippen LogP contribution in [0.5, 0.6) is 0 Å². The summed E-state index contributed by atoms with van der Waals surface area (Å²) in [5.41, 5.74) is 0. The second-order valence-electron chi connectivity index (χ2n) is 8.84. The van der Waals surface area contributed by atoms with Gasteiger partial charge >= 0.3 is 0 Å². The molecular formula is C20H30O4Si. The van der Waals surface area contributed by atoms with Gasteiger partial charge in [0, 0.05) is 5.92 Å². The van der Waals surface area contributed by atoms with Gasteiger partial charge in [-0.1, -0.05) is 52.0 Å². The molecule has 0 radical (unpaired) electrons. The molecule has 0 aliphatic carbocycles. The summed E-state index contributed by atoms with van der Waals surface area (Å²) in [6.07, 6.45) is 10.5. The highest BCUT2D eigenvalue weighted by atomic mass is 28.4. The maximum atomic E-state index is 12.6. The van der Waals surface area contributed by atoms with Crippen LogP contribution in [0.15, 0.2) is 36.5 Å². The minimum absolute atomic E-state index is 0.00849. The van der Waals surface area contributed by atoms with Gasteiger partial charge in [0.2, 0.25) is 0 Å². The first kappa shape index (κ1) is 18.8. The van der Waals surface area contributed by atoms with Crippen LogP contribution in [0.25, 0.3) is 0 Å². The number of carbonyl (C=O) groups is 1. The maximum Gasteiger partial charge on any atom is 0.195 e. The molecule has 0 saturated carbocycles. The Labute approximate surface area is 152 Å². The molecule has 3 rings (SSSR count). The van der Waals surface area contributed by atoms with E-state index in [9.17, 15) is 4.79 Å². The SMILES string of the molecule is C[C@@H]1[C@H]([C@H]2O[C@H](O[Si](C)(C)C(C)(C)C)C=CC2=O)[C@H]2C=CC=C[C@@H]1O2. The van der Waals surface area contributed by atoms with E-state index in [1.54, 1.807) is 12.2 Å². The number of ketones is 1. The van der Waals surface area contributed by atoms with Crippen molar-refractivity contribution < 1.29 is 18.7 Å². The fraction of sp³-hybridized carbons (Fsp3) is 0.650. The Morgan fingerprint density at radius 3 is 2.32 bits per heavy atom. The molecule has 138 valence electrons. The van der Waals surface area contributed by atoms with Crippen LogP contribution in [0.4, 0.5) is 0 Å². The van der Waals surface area contributed by atoms with Crippen LogP contribution in [0.2, 0.25) is 18.1 Å². The van der Waals surface area contributed by atoms with Crippen LogP contribution in [0, 0.1) is 11.8 Å². The van der Waals surface area contributed by atoms with Gasteiger partial charge in [-0.3, -0.25) is 4.79 Å². The standard InChI is InChI=1S/C20H30O4Si/c1-13-15-9-7-8-10-16(22-15)18(13)19-14(21)11-12-17(23-19)24-25(5,6)20(2,3)4/h7-13,15-19H,1-6H3/t13-,15-,16+,17+,18-,19-/m0/s1. The smallest absolute Gasteiger partial charge is 0.195 e. The molecule has 1 fully saturated rings. The summed E-state index contributed by atoms with van der Waals surface area (Å²) >= 11 is 0. The Kier molecular flexibility index (Phi) is 4.97. The van der Waals surface area contributed by atoms with E-state index >= 15 is 0 Å². The fourth-order valence-electron chi connectivity index (χ4n) is 3.44. The molecule has 2 bridgehead atoms. The summed E-state index contributed by atoms with van der Waals surface area (Å²) in [5, 5.41) is 0.0902. The number of carbonyl (C=O) groups excluding carboxylic acids is 1. The molecule has 0 N–H and O–H groups in total. The molecule has 4 nitrogen and oxygen atoms in total. The first-order chi connectivity index (χ1) is 11.6. The van der Waals surface area contributed by atoms with Crippen molar-refractivity contribution >= 4 is 14.1 Å². The average Bonchev–Trinajstić information content (AvgIpc) is 2.68. The van der Waals surface area contributed by atoms with Gasteiger partial charge in [-0.05, 0) is 36.2 Å². The Morgan fingerprint density at radius 1 is 1.04 bits per heavy atom. The highest BCUT2D eigenvalue weighted by molar-refractivity contribution is 6.74. The second kappa shape index (κ2) is 6.61. The van der Waals surface area contributed by atoms with E-state index in [0.717, 1.165) is 0 Å². The molecule has 1 saturated heterocycles. The average molecular weight is 363 g/mol. The summed E-state index contributed by atoms with van der Waals surface area (Å²) in [6.45, 7) is 13.1. The van der Waals surface area contributed by atoms with Crippen LogP contribution in [0.1, 0.15) is 27.7 Å². The van der Waals surface area contributed by atoms with Gasteiger partial charge in [0.25, 0.3) is 0 Å². The highest BCUT2D eigenvalue weighted by Crippen LogP contribution is 2.42. The first-order valence-electron chi connectivity index (χ1n) is 9.16. The fourth-order valence-corrected chi connectivity index (χ4v) is 4.51. The minimum Gasteiger partial charge on any atom is -0.389 e. The number of fused-ring (bicyclic) bond motifs is 2. The predicted octanol–water partition coefficient (Wildman–Crippen LogP) is 4.00. The lowest BCUT2D eigenvalue weighted by Gasteiger charge is -2.40. The van der Waals surface area contributed by atoms with Crippen molar-refractivity contribution in [3.63, 3.8) is 0 Å². The predicted molar refractivity (Wildman–Crippen MR) is 101 cm³/mol. The lowest BCUT2D eigenvalue weighted by Crippen LogP contribution is -2.49. The lowest BCUT2D eigenvalue weighted by atomic mass is 9.81. The number of ether oxygens (including phenoxy) is 2. The third kappa shape index (κ3) is 3.61. The van der Waals surface area contributed by atoms with Gasteiger partial charge in [0.05, 0.1) is 12.2 Å². The van der Waals surface area contributed by atoms with Crippen LogP contribution in [0.3, 0.4) is 0 Å². The van der Waals surface area contributed by atoms with E-state index in [2.05, 4.69) is 46.9 Å². The van der Waals surface area contributed by atoms with E-state index in [0.29, 0.717) is 0 Å². The Morgan fingerprint density at radius 2 is 1.68 bits per heavy atom. The van der Waals surface area contributed by atoms with Crippen LogP contribution < -0.4 is 0 Å². The highest BCUT2D eigenvalue weighted by Gasteiger charge is 2.49. The van der Waals surface area contributed by atoms with Gasteiger partial charge in [0.1, 0.15) is 6.10 Å². The van der Waals surface area contributed by atoms with E-state index in [4.69, 9.17) is 13.9 Å². The van der Waals surface area contributed by atoms with E-state index in [1.807, 2.05) is 18.2 Å². The zero-order valence-electron chi connectivity index (χ0n) is 16.1. The van der Waals surface area contributed by atoms with Crippen molar-refractivity contribution in [2.75, 3.05) is 0 Å². The molecule has 0 aromatic heterocycles. The molecule has 0 aromatic carbocycles. The van der Waals surface area contributed by atoms with Crippen molar-refractivity contribution in [3.8, 4) is 0 Å². The van der Waals surface area contributed by atoms with Crippen LogP contribution in [-0.4, -0.2) is 38.7 Å². The minimum atomic E-state index is -1.98. The molecule has 0 amide bonds. The van der Waals surface area contributed by atoms with Gasteiger partial charge in [0.15, 0.2) is 20.4 Å². The lowest BCUT2D eigenvalue weighted by molar-refractivity contribution is -0.156. The monoisotopic (exact) mass is 362 g/mol. The van der Waals surface area contributed by atoms with Gasteiger partial charge < -0.3 is 13.9 Å². The van der Waals surface area contributed by atoms with E-state index < -0.39 is 20.7 Å². The quantitative estimate of drug-likeness (QED) is 0.712. The Bertz CT molecular complexity index is 614. The van der Waals surface area contributed by atoms with Gasteiger partial charge in [-0.25, -0.2) is 0 Å². The molecule has 25 heavy (non-hydrogen) atoms. The van der Waals surface area contributed by atoms with Crippen molar-refractivity contribution in [2.45, 2.75) is 70.4 Å². The molecule has 6 atom stereocenters. The summed E-state index contributed by atoms with van der Waals surface area (Å²) in [6, 6.07) is 0. The van der Waals surface area contributed by atoms with Crippen molar-refractivity contribution in [3.05, 3.63) is 36.5 Å². The van der Waals surface area contributed by atoms with Crippen LogP contribution in [-0.2, 0) is 18.7 Å². The zero-order chi connectivity index (χ0) is 18.4. The van der Waals surface area contributed by atoms with Gasteiger partial charge in [-0.15, -0.1) is 0 Å². The summed E-state index contributed by atoms with van der Waals surface area (Å²) in [5.74, 6) is 0.244. The zero-order valence-corrected chi connectivity index (χ0v) is 17.1. The van der Waals surface area contributed by atoms with E-state index in [-0.39, 0.29) is 34.9 Å². The summed E-state index contributed by atoms with van der Waals surface area (Å²) in [4.78, 5) is 12.6. The van der Waals surface area contributed by atoms with Gasteiger partial charge in [-0.2, -0.15) is 0 Å². The van der Waals surface area contributed by atoms with Crippen molar-refractivity contribution in [1.29, 1.82) is 0 Å². The molecular weight excluding hydrogens is 332 g/mol. The van der Waals surface area contributed by atoms with Crippen LogP contribution >= 0.6 is 0 Å². The second-order valence-corrected chi connectivity index (χ2v) is 13.6. The van der Waals surface area contributed by atoms with E-state index in [1.165, 1.54) is 0 Å². The Balaban J connectivity index is 1.77. The maximum absolute atomic E-state index is 12.6. The largest absolute Gasteiger partial charge is 0.389 e. The molecule has 3 aliphatic rings. The number of allylic oxidation sites excluding steroid dienone is 2. The third-order valence-electron chi connectivity index (χ3n) is 6.08. The normalized spacial score (nSPS) is 38.2. The van der Waals surface area contributed by atoms with Crippen molar-refractivity contribution in [2.24, 2.45) is 11.8 Å². The molecule has 3 heterocycles. The number of hydrogen-bond acceptors (Lipinski definition) is 4. The molecule has 3 aliphatic heterocycles. The topological polar surface area (TPSA) is 44.8 Å². The summed E-state index contributed by atoms with van der Waals surface area (Å²) < 4.78 is 18.6. The molecule has 0 spiro atoms. The molecule has 5 heteroatoms. The third-order valence-corrected chi connectivity index (χ3v) is 10.5. The number of rotatable bonds is 3. The summed E-state index contributed by atoms with van der Waals surface area (Å²) in [7, 11) is -1.98. The van der Waals surface area contributed by atoms with Crippen molar-refractivity contribution in [1.82, 2.24) is 0 Å².